The third-order valence-corrected chi connectivity index (χ3v) is 2.23. The summed E-state index contributed by atoms with van der Waals surface area (Å²) < 4.78 is 0. The van der Waals surface area contributed by atoms with E-state index in [1.807, 2.05) is 0 Å². The lowest BCUT2D eigenvalue weighted by molar-refractivity contribution is 0.282. The van der Waals surface area contributed by atoms with E-state index in [0.717, 1.165) is 19.3 Å². The van der Waals surface area contributed by atoms with Crippen LogP contribution in [0.25, 0.3) is 0 Å². The van der Waals surface area contributed by atoms with Gasteiger partial charge in [0.05, 0.1) is 0 Å². The number of rotatable bonds is 6. The highest BCUT2D eigenvalue weighted by atomic mass is 15.3. The number of hydrazine groups is 1. The Hall–Kier alpha value is -0.160. The lowest BCUT2D eigenvalue weighted by atomic mass is 9.89. The number of nitrogens with one attached hydrogen (secondary N) is 1. The molecule has 0 saturated heterocycles. The van der Waals surface area contributed by atoms with Gasteiger partial charge >= 0.3 is 0 Å². The normalized spacial score (nSPS) is 12.0. The van der Waals surface area contributed by atoms with Crippen LogP contribution in [-0.2, 0) is 0 Å². The summed E-state index contributed by atoms with van der Waals surface area (Å²) in [6.45, 7) is 3.39. The summed E-state index contributed by atoms with van der Waals surface area (Å²) in [6, 6.07) is 0. The van der Waals surface area contributed by atoms with Crippen molar-refractivity contribution < 1.29 is 0 Å². The van der Waals surface area contributed by atoms with Gasteiger partial charge in [0.2, 0.25) is 0 Å². The first-order chi connectivity index (χ1) is 5.24. The van der Waals surface area contributed by atoms with Crippen molar-refractivity contribution >= 4 is 0 Å². The van der Waals surface area contributed by atoms with Crippen molar-refractivity contribution in [2.45, 2.75) is 31.7 Å². The van der Waals surface area contributed by atoms with Crippen molar-refractivity contribution in [2.75, 3.05) is 13.1 Å². The predicted molar refractivity (Wildman–Crippen MR) is 47.7 cm³/mol. The largest absolute Gasteiger partial charge is 0.330 e. The van der Waals surface area contributed by atoms with Crippen molar-refractivity contribution in [3.05, 3.63) is 0 Å². The Bertz CT molecular complexity index is 82.4. The summed E-state index contributed by atoms with van der Waals surface area (Å²) in [5.41, 5.74) is 13.7. The zero-order valence-corrected chi connectivity index (χ0v) is 7.27. The minimum absolute atomic E-state index is 0.0382. The first-order valence-electron chi connectivity index (χ1n) is 4.12. The van der Waals surface area contributed by atoms with Crippen LogP contribution < -0.4 is 22.7 Å². The van der Waals surface area contributed by atoms with Crippen LogP contribution in [0.15, 0.2) is 0 Å². The quantitative estimate of drug-likeness (QED) is 0.305. The van der Waals surface area contributed by atoms with Crippen LogP contribution in [0, 0.1) is 0 Å². The molecule has 0 fully saturated rings. The van der Waals surface area contributed by atoms with E-state index in [1.165, 1.54) is 0 Å². The molecule has 68 valence electrons. The topological polar surface area (TPSA) is 90.1 Å². The molecule has 11 heavy (non-hydrogen) atoms. The van der Waals surface area contributed by atoms with Gasteiger partial charge in [0.15, 0.2) is 0 Å². The van der Waals surface area contributed by atoms with E-state index >= 15 is 0 Å². The second kappa shape index (κ2) is 5.49. The molecule has 0 aromatic rings. The van der Waals surface area contributed by atoms with Gasteiger partial charge in [-0.05, 0) is 32.4 Å². The molecule has 0 rings (SSSR count). The molecule has 0 aliphatic rings. The van der Waals surface area contributed by atoms with Gasteiger partial charge in [-0.2, -0.15) is 0 Å². The number of nitrogens with two attached hydrogens (primary N) is 3. The van der Waals surface area contributed by atoms with E-state index in [1.54, 1.807) is 0 Å². The predicted octanol–water partition coefficient (Wildman–Crippen LogP) is -0.704. The molecule has 0 unspecified atom stereocenters. The summed E-state index contributed by atoms with van der Waals surface area (Å²) in [5, 5.41) is 0. The third-order valence-electron chi connectivity index (χ3n) is 2.23. The smallest absolute Gasteiger partial charge is 0.0342 e. The maximum atomic E-state index is 5.46. The van der Waals surface area contributed by atoms with Gasteiger partial charge in [-0.15, -0.1) is 0 Å². The molecule has 0 aromatic heterocycles. The molecule has 0 spiro atoms. The molecule has 0 amide bonds. The fourth-order valence-electron chi connectivity index (χ4n) is 1.28. The summed E-state index contributed by atoms with van der Waals surface area (Å²) in [4.78, 5) is 0. The molecule has 4 heteroatoms. The summed E-state index contributed by atoms with van der Waals surface area (Å²) in [6.07, 6.45) is 2.74. The molecule has 0 aliphatic carbocycles. The average molecular weight is 160 g/mol. The standard InChI is InChI=1S/C7H20N4/c1-2-7(11-10,3-5-8)4-6-9/h11H,2-6,8-10H2,1H3. The fraction of sp³-hybridized carbons (Fsp3) is 1.00. The fourth-order valence-corrected chi connectivity index (χ4v) is 1.28. The van der Waals surface area contributed by atoms with Gasteiger partial charge in [0, 0.05) is 5.54 Å². The Kier molecular flexibility index (Phi) is 5.41. The molecule has 4 nitrogen and oxygen atoms in total. The molecule has 0 aromatic carbocycles. The Labute approximate surface area is 68.5 Å². The Morgan fingerprint density at radius 1 is 1.18 bits per heavy atom. The maximum Gasteiger partial charge on any atom is 0.0342 e. The van der Waals surface area contributed by atoms with Crippen LogP contribution in [-0.4, -0.2) is 18.6 Å². The van der Waals surface area contributed by atoms with Crippen LogP contribution in [0.3, 0.4) is 0 Å². The summed E-state index contributed by atoms with van der Waals surface area (Å²) in [7, 11) is 0. The summed E-state index contributed by atoms with van der Waals surface area (Å²) in [5.74, 6) is 5.43. The average Bonchev–Trinajstić information content (AvgIpc) is 2.04. The second-order valence-corrected chi connectivity index (χ2v) is 2.86. The van der Waals surface area contributed by atoms with E-state index in [2.05, 4.69) is 12.3 Å². The van der Waals surface area contributed by atoms with Crippen molar-refractivity contribution in [1.29, 1.82) is 0 Å². The second-order valence-electron chi connectivity index (χ2n) is 2.86. The van der Waals surface area contributed by atoms with Gasteiger partial charge in [-0.3, -0.25) is 11.3 Å². The highest BCUT2D eigenvalue weighted by Gasteiger charge is 2.23. The molecule has 0 aliphatic heterocycles. The molecule has 0 bridgehead atoms. The molecule has 0 saturated carbocycles. The van der Waals surface area contributed by atoms with Gasteiger partial charge in [-0.1, -0.05) is 6.92 Å². The van der Waals surface area contributed by atoms with Gasteiger partial charge in [-0.25, -0.2) is 0 Å². The van der Waals surface area contributed by atoms with Crippen molar-refractivity contribution in [1.82, 2.24) is 5.43 Å². The zero-order valence-electron chi connectivity index (χ0n) is 7.27. The Morgan fingerprint density at radius 2 is 1.64 bits per heavy atom. The van der Waals surface area contributed by atoms with Crippen molar-refractivity contribution in [3.63, 3.8) is 0 Å². The first-order valence-corrected chi connectivity index (χ1v) is 4.12. The molecule has 0 radical (unpaired) electrons. The number of hydrogen-bond acceptors (Lipinski definition) is 4. The minimum atomic E-state index is -0.0382. The molecule has 0 atom stereocenters. The lowest BCUT2D eigenvalue weighted by Crippen LogP contribution is -2.51. The highest BCUT2D eigenvalue weighted by Crippen LogP contribution is 2.16. The Morgan fingerprint density at radius 3 is 1.82 bits per heavy atom. The monoisotopic (exact) mass is 160 g/mol. The van der Waals surface area contributed by atoms with E-state index in [9.17, 15) is 0 Å². The maximum absolute atomic E-state index is 5.46. The molecule has 7 N–H and O–H groups in total. The van der Waals surface area contributed by atoms with Crippen LogP contribution in [0.5, 0.6) is 0 Å². The van der Waals surface area contributed by atoms with Gasteiger partial charge in [0.25, 0.3) is 0 Å². The van der Waals surface area contributed by atoms with Crippen LogP contribution in [0.1, 0.15) is 26.2 Å². The molecule has 0 heterocycles. The van der Waals surface area contributed by atoms with E-state index in [-0.39, 0.29) is 5.54 Å². The van der Waals surface area contributed by atoms with Crippen LogP contribution in [0.2, 0.25) is 0 Å². The minimum Gasteiger partial charge on any atom is -0.330 e. The van der Waals surface area contributed by atoms with Crippen molar-refractivity contribution in [2.24, 2.45) is 17.3 Å². The zero-order chi connectivity index (χ0) is 8.74. The van der Waals surface area contributed by atoms with Crippen LogP contribution >= 0.6 is 0 Å². The first kappa shape index (κ1) is 10.8. The van der Waals surface area contributed by atoms with E-state index < -0.39 is 0 Å². The van der Waals surface area contributed by atoms with Gasteiger partial charge < -0.3 is 11.5 Å². The van der Waals surface area contributed by atoms with E-state index in [0.29, 0.717) is 13.1 Å². The summed E-state index contributed by atoms with van der Waals surface area (Å²) >= 11 is 0. The SMILES string of the molecule is CCC(CCN)(CCN)NN. The van der Waals surface area contributed by atoms with E-state index in [4.69, 9.17) is 17.3 Å². The number of hydrogen-bond donors (Lipinski definition) is 4. The molecular formula is C7H20N4. The van der Waals surface area contributed by atoms with Gasteiger partial charge in [0.1, 0.15) is 0 Å². The lowest BCUT2D eigenvalue weighted by Gasteiger charge is -2.31. The third kappa shape index (κ3) is 3.16. The molecular weight excluding hydrogens is 140 g/mol. The Balaban J connectivity index is 3.96. The highest BCUT2D eigenvalue weighted by molar-refractivity contribution is 4.84. The van der Waals surface area contributed by atoms with Crippen LogP contribution in [0.4, 0.5) is 0 Å². The van der Waals surface area contributed by atoms with Crippen molar-refractivity contribution in [3.8, 4) is 0 Å².